The van der Waals surface area contributed by atoms with Gasteiger partial charge in [0.05, 0.1) is 5.60 Å². The highest BCUT2D eigenvalue weighted by atomic mass is 16.7. The van der Waals surface area contributed by atoms with Crippen LogP contribution in [0.4, 0.5) is 0 Å². The third kappa shape index (κ3) is 5.00. The molecule has 3 nitrogen and oxygen atoms in total. The van der Waals surface area contributed by atoms with Crippen molar-refractivity contribution >= 4 is 5.97 Å². The topological polar surface area (TPSA) is 35.5 Å². The minimum Gasteiger partial charge on any atom is -0.431 e. The second-order valence-electron chi connectivity index (χ2n) is 4.82. The number of benzene rings is 1. The van der Waals surface area contributed by atoms with Crippen LogP contribution >= 0.6 is 0 Å². The summed E-state index contributed by atoms with van der Waals surface area (Å²) in [6.45, 7) is 7.57. The first-order valence-corrected chi connectivity index (χ1v) is 5.84. The summed E-state index contributed by atoms with van der Waals surface area (Å²) in [5, 5.41) is 0. The Hall–Kier alpha value is -1.35. The van der Waals surface area contributed by atoms with E-state index in [0.29, 0.717) is 6.42 Å². The zero-order valence-corrected chi connectivity index (χ0v) is 10.9. The number of carbonyl (C=O) groups is 1. The molecule has 94 valence electrons. The van der Waals surface area contributed by atoms with Gasteiger partial charge < -0.3 is 9.47 Å². The van der Waals surface area contributed by atoms with Crippen molar-refractivity contribution in [1.29, 1.82) is 0 Å². The largest absolute Gasteiger partial charge is 0.431 e. The number of rotatable bonds is 4. The van der Waals surface area contributed by atoms with Gasteiger partial charge in [-0.15, -0.1) is 0 Å². The molecule has 0 saturated heterocycles. The van der Waals surface area contributed by atoms with E-state index in [1.54, 1.807) is 6.92 Å². The summed E-state index contributed by atoms with van der Waals surface area (Å²) in [5.74, 6) is -0.261. The van der Waals surface area contributed by atoms with Gasteiger partial charge in [-0.05, 0) is 20.8 Å². The van der Waals surface area contributed by atoms with Crippen LogP contribution in [0.15, 0.2) is 30.3 Å². The summed E-state index contributed by atoms with van der Waals surface area (Å²) in [6, 6.07) is 9.49. The number of ether oxygens (including phenoxy) is 2. The van der Waals surface area contributed by atoms with E-state index in [4.69, 9.17) is 9.47 Å². The Morgan fingerprint density at radius 1 is 1.24 bits per heavy atom. The molecular formula is C14H20O3. The smallest absolute Gasteiger partial charge is 0.308 e. The second kappa shape index (κ2) is 5.82. The van der Waals surface area contributed by atoms with Crippen LogP contribution in [-0.2, 0) is 14.3 Å². The molecule has 0 aliphatic carbocycles. The molecule has 0 bridgehead atoms. The fraction of sp³-hybridized carbons (Fsp3) is 0.500. The average Bonchev–Trinajstić information content (AvgIpc) is 2.27. The van der Waals surface area contributed by atoms with Crippen LogP contribution in [0.5, 0.6) is 0 Å². The van der Waals surface area contributed by atoms with E-state index in [-0.39, 0.29) is 11.6 Å². The van der Waals surface area contributed by atoms with E-state index >= 15 is 0 Å². The molecule has 3 heteroatoms. The molecule has 1 unspecified atom stereocenters. The molecule has 0 fully saturated rings. The van der Waals surface area contributed by atoms with Crippen molar-refractivity contribution in [2.24, 2.45) is 0 Å². The van der Waals surface area contributed by atoms with Crippen molar-refractivity contribution in [3.8, 4) is 0 Å². The highest BCUT2D eigenvalue weighted by Crippen LogP contribution is 2.25. The first kappa shape index (κ1) is 13.7. The maximum Gasteiger partial charge on any atom is 0.308 e. The molecule has 0 aliphatic heterocycles. The predicted molar refractivity (Wildman–Crippen MR) is 66.4 cm³/mol. The molecule has 17 heavy (non-hydrogen) atoms. The van der Waals surface area contributed by atoms with Gasteiger partial charge >= 0.3 is 5.97 Å². The number of esters is 1. The monoisotopic (exact) mass is 236 g/mol. The van der Waals surface area contributed by atoms with Crippen molar-refractivity contribution in [3.63, 3.8) is 0 Å². The number of carbonyl (C=O) groups excluding carboxylic acids is 1. The van der Waals surface area contributed by atoms with Gasteiger partial charge in [0, 0.05) is 12.0 Å². The molecule has 0 radical (unpaired) electrons. The summed E-state index contributed by atoms with van der Waals surface area (Å²) in [5.41, 5.74) is 0.485. The minimum atomic E-state index is -0.636. The molecule has 1 rings (SSSR count). The van der Waals surface area contributed by atoms with E-state index in [2.05, 4.69) is 0 Å². The Kier molecular flexibility index (Phi) is 4.70. The molecule has 0 aromatic heterocycles. The molecule has 0 heterocycles. The van der Waals surface area contributed by atoms with Gasteiger partial charge in [-0.1, -0.05) is 37.3 Å². The van der Waals surface area contributed by atoms with E-state index in [0.717, 1.165) is 5.56 Å². The zero-order chi connectivity index (χ0) is 12.9. The zero-order valence-electron chi connectivity index (χ0n) is 10.9. The molecule has 1 atom stereocenters. The third-order valence-electron chi connectivity index (χ3n) is 2.06. The molecule has 1 aromatic rings. The molecular weight excluding hydrogens is 216 g/mol. The average molecular weight is 236 g/mol. The summed E-state index contributed by atoms with van der Waals surface area (Å²) >= 11 is 0. The summed E-state index contributed by atoms with van der Waals surface area (Å²) < 4.78 is 11.1. The van der Waals surface area contributed by atoms with Crippen LogP contribution in [0, 0.1) is 0 Å². The highest BCUT2D eigenvalue weighted by molar-refractivity contribution is 5.69. The Balaban J connectivity index is 2.83. The first-order chi connectivity index (χ1) is 7.92. The van der Waals surface area contributed by atoms with E-state index in [1.807, 2.05) is 51.1 Å². The maximum atomic E-state index is 11.4. The number of hydrogen-bond donors (Lipinski definition) is 0. The van der Waals surface area contributed by atoms with Gasteiger partial charge in [-0.25, -0.2) is 0 Å². The van der Waals surface area contributed by atoms with Crippen LogP contribution in [0.1, 0.15) is 46.0 Å². The second-order valence-corrected chi connectivity index (χ2v) is 4.82. The Labute approximate surface area is 103 Å². The van der Waals surface area contributed by atoms with E-state index in [1.165, 1.54) is 0 Å². The molecule has 0 spiro atoms. The normalized spacial score (nSPS) is 13.2. The quantitative estimate of drug-likeness (QED) is 0.593. The van der Waals surface area contributed by atoms with Crippen LogP contribution in [0.25, 0.3) is 0 Å². The molecule has 0 saturated carbocycles. The fourth-order valence-corrected chi connectivity index (χ4v) is 1.29. The molecule has 0 aliphatic rings. The Morgan fingerprint density at radius 2 is 1.82 bits per heavy atom. The predicted octanol–water partition coefficient (Wildman–Crippen LogP) is 3.45. The van der Waals surface area contributed by atoms with Crippen molar-refractivity contribution in [2.45, 2.75) is 46.0 Å². The molecule has 1 aromatic carbocycles. The number of hydrogen-bond acceptors (Lipinski definition) is 3. The lowest BCUT2D eigenvalue weighted by molar-refractivity contribution is -0.206. The standard InChI is InChI=1S/C14H20O3/c1-5-12(15)16-13(17-14(2,3)4)11-9-7-6-8-10-11/h6-10,13H,5H2,1-4H3. The van der Waals surface area contributed by atoms with Gasteiger partial charge in [0.2, 0.25) is 6.29 Å². The van der Waals surface area contributed by atoms with Gasteiger partial charge in [0.1, 0.15) is 0 Å². The van der Waals surface area contributed by atoms with Crippen molar-refractivity contribution in [3.05, 3.63) is 35.9 Å². The van der Waals surface area contributed by atoms with Crippen molar-refractivity contribution < 1.29 is 14.3 Å². The first-order valence-electron chi connectivity index (χ1n) is 5.84. The van der Waals surface area contributed by atoms with Gasteiger partial charge in [0.15, 0.2) is 0 Å². The SMILES string of the molecule is CCC(=O)OC(OC(C)(C)C)c1ccccc1. The highest BCUT2D eigenvalue weighted by Gasteiger charge is 2.23. The fourth-order valence-electron chi connectivity index (χ4n) is 1.29. The lowest BCUT2D eigenvalue weighted by Crippen LogP contribution is -2.25. The van der Waals surface area contributed by atoms with Crippen LogP contribution < -0.4 is 0 Å². The lowest BCUT2D eigenvalue weighted by atomic mass is 10.1. The maximum absolute atomic E-state index is 11.4. The summed E-state index contributed by atoms with van der Waals surface area (Å²) in [6.07, 6.45) is -0.291. The van der Waals surface area contributed by atoms with Crippen LogP contribution in [0.3, 0.4) is 0 Å². The lowest BCUT2D eigenvalue weighted by Gasteiger charge is -2.27. The van der Waals surface area contributed by atoms with E-state index < -0.39 is 6.29 Å². The van der Waals surface area contributed by atoms with Gasteiger partial charge in [-0.2, -0.15) is 0 Å². The molecule has 0 amide bonds. The van der Waals surface area contributed by atoms with Crippen molar-refractivity contribution in [1.82, 2.24) is 0 Å². The third-order valence-corrected chi connectivity index (χ3v) is 2.06. The van der Waals surface area contributed by atoms with Gasteiger partial charge in [0.25, 0.3) is 0 Å². The Morgan fingerprint density at radius 3 is 2.29 bits per heavy atom. The summed E-state index contributed by atoms with van der Waals surface area (Å²) in [4.78, 5) is 11.4. The summed E-state index contributed by atoms with van der Waals surface area (Å²) in [7, 11) is 0. The van der Waals surface area contributed by atoms with Crippen LogP contribution in [-0.4, -0.2) is 11.6 Å². The molecule has 0 N–H and O–H groups in total. The Bertz CT molecular complexity index is 351. The van der Waals surface area contributed by atoms with E-state index in [9.17, 15) is 4.79 Å². The minimum absolute atomic E-state index is 0.261. The van der Waals surface area contributed by atoms with Crippen molar-refractivity contribution in [2.75, 3.05) is 0 Å². The van der Waals surface area contributed by atoms with Gasteiger partial charge in [-0.3, -0.25) is 4.79 Å². The van der Waals surface area contributed by atoms with Crippen LogP contribution in [0.2, 0.25) is 0 Å².